The molecule has 0 aliphatic rings. The average molecular weight is 234 g/mol. The van der Waals surface area contributed by atoms with E-state index in [0.717, 1.165) is 24.5 Å². The van der Waals surface area contributed by atoms with Crippen LogP contribution in [0, 0.1) is 0 Å². The summed E-state index contributed by atoms with van der Waals surface area (Å²) in [5.41, 5.74) is 1.35. The van der Waals surface area contributed by atoms with Crippen LogP contribution in [0.5, 0.6) is 5.75 Å². The molecule has 0 bridgehead atoms. The van der Waals surface area contributed by atoms with Gasteiger partial charge < -0.3 is 10.1 Å². The van der Waals surface area contributed by atoms with Crippen LogP contribution in [0.3, 0.4) is 0 Å². The summed E-state index contributed by atoms with van der Waals surface area (Å²) in [4.78, 5) is 4.23. The predicted octanol–water partition coefficient (Wildman–Crippen LogP) is 2.81. The van der Waals surface area contributed by atoms with Gasteiger partial charge in [-0.15, -0.1) is 0 Å². The molecule has 0 spiro atoms. The molecule has 0 saturated carbocycles. The molecular formula is C12H14N2OS. The van der Waals surface area contributed by atoms with E-state index in [4.69, 9.17) is 4.74 Å². The number of nitrogens with zero attached hydrogens (tertiary/aromatic N) is 1. The number of rotatable bonds is 5. The van der Waals surface area contributed by atoms with Crippen LogP contribution in [0.15, 0.2) is 35.2 Å². The summed E-state index contributed by atoms with van der Waals surface area (Å²) in [7, 11) is 1.65. The fourth-order valence-electron chi connectivity index (χ4n) is 1.45. The molecule has 0 aliphatic heterocycles. The van der Waals surface area contributed by atoms with Gasteiger partial charge in [0.1, 0.15) is 0 Å². The molecule has 0 amide bonds. The third-order valence-corrected chi connectivity index (χ3v) is 3.01. The van der Waals surface area contributed by atoms with Crippen molar-refractivity contribution in [3.63, 3.8) is 0 Å². The summed E-state index contributed by atoms with van der Waals surface area (Å²) in [6, 6.07) is 5.91. The number of hydrogen-bond donors (Lipinski definition) is 1. The molecular weight excluding hydrogens is 220 g/mol. The third kappa shape index (κ3) is 2.73. The molecule has 2 rings (SSSR count). The molecule has 3 nitrogen and oxygen atoms in total. The van der Waals surface area contributed by atoms with Crippen LogP contribution in [-0.4, -0.2) is 18.6 Å². The molecule has 2 heterocycles. The second kappa shape index (κ2) is 5.51. The van der Waals surface area contributed by atoms with Crippen molar-refractivity contribution in [1.82, 2.24) is 4.98 Å². The monoisotopic (exact) mass is 234 g/mol. The quantitative estimate of drug-likeness (QED) is 0.863. The van der Waals surface area contributed by atoms with Gasteiger partial charge in [-0.05, 0) is 40.9 Å². The summed E-state index contributed by atoms with van der Waals surface area (Å²) >= 11 is 1.73. The molecule has 0 aliphatic carbocycles. The van der Waals surface area contributed by atoms with Crippen molar-refractivity contribution < 1.29 is 4.74 Å². The van der Waals surface area contributed by atoms with Gasteiger partial charge in [-0.2, -0.15) is 11.3 Å². The van der Waals surface area contributed by atoms with Crippen molar-refractivity contribution in [2.75, 3.05) is 19.0 Å². The SMILES string of the molecule is COc1cccnc1NCCc1ccsc1. The van der Waals surface area contributed by atoms with Gasteiger partial charge >= 0.3 is 0 Å². The van der Waals surface area contributed by atoms with Gasteiger partial charge in [0.25, 0.3) is 0 Å². The summed E-state index contributed by atoms with van der Waals surface area (Å²) in [6.07, 6.45) is 2.76. The van der Waals surface area contributed by atoms with Crippen LogP contribution in [0.4, 0.5) is 5.82 Å². The summed E-state index contributed by atoms with van der Waals surface area (Å²) < 4.78 is 5.21. The zero-order chi connectivity index (χ0) is 11.2. The Bertz CT molecular complexity index is 428. The van der Waals surface area contributed by atoms with Crippen molar-refractivity contribution >= 4 is 17.2 Å². The average Bonchev–Trinajstić information content (AvgIpc) is 2.83. The Morgan fingerprint density at radius 3 is 3.12 bits per heavy atom. The molecule has 84 valence electrons. The molecule has 2 aromatic rings. The fourth-order valence-corrected chi connectivity index (χ4v) is 2.15. The lowest BCUT2D eigenvalue weighted by Crippen LogP contribution is -2.06. The first-order chi connectivity index (χ1) is 7.90. The molecule has 0 saturated heterocycles. The molecule has 0 fully saturated rings. The Morgan fingerprint density at radius 1 is 1.44 bits per heavy atom. The first kappa shape index (κ1) is 11.0. The van der Waals surface area contributed by atoms with Gasteiger partial charge in [0, 0.05) is 12.7 Å². The van der Waals surface area contributed by atoms with Crippen molar-refractivity contribution in [2.24, 2.45) is 0 Å². The molecule has 0 atom stereocenters. The summed E-state index contributed by atoms with van der Waals surface area (Å²) in [5, 5.41) is 7.53. The van der Waals surface area contributed by atoms with Gasteiger partial charge in [0.15, 0.2) is 11.6 Å². The van der Waals surface area contributed by atoms with Crippen molar-refractivity contribution in [1.29, 1.82) is 0 Å². The highest BCUT2D eigenvalue weighted by Gasteiger charge is 2.01. The first-order valence-electron chi connectivity index (χ1n) is 5.14. The number of anilines is 1. The molecule has 1 N–H and O–H groups in total. The molecule has 0 radical (unpaired) electrons. The van der Waals surface area contributed by atoms with Gasteiger partial charge in [-0.1, -0.05) is 0 Å². The first-order valence-corrected chi connectivity index (χ1v) is 6.08. The smallest absolute Gasteiger partial charge is 0.168 e. The standard InChI is InChI=1S/C12H14N2OS/c1-15-11-3-2-6-13-12(11)14-7-4-10-5-8-16-9-10/h2-3,5-6,8-9H,4,7H2,1H3,(H,13,14). The van der Waals surface area contributed by atoms with Crippen LogP contribution in [0.25, 0.3) is 0 Å². The number of thiophene rings is 1. The lowest BCUT2D eigenvalue weighted by atomic mass is 10.2. The minimum atomic E-state index is 0.785. The lowest BCUT2D eigenvalue weighted by Gasteiger charge is -2.08. The molecule has 4 heteroatoms. The second-order valence-corrected chi connectivity index (χ2v) is 4.14. The largest absolute Gasteiger partial charge is 0.493 e. The number of pyridine rings is 1. The maximum absolute atomic E-state index is 5.21. The summed E-state index contributed by atoms with van der Waals surface area (Å²) in [6.45, 7) is 0.865. The number of ether oxygens (including phenoxy) is 1. The topological polar surface area (TPSA) is 34.1 Å². The van der Waals surface area contributed by atoms with Crippen molar-refractivity contribution in [3.05, 3.63) is 40.7 Å². The van der Waals surface area contributed by atoms with E-state index in [9.17, 15) is 0 Å². The van der Waals surface area contributed by atoms with E-state index in [1.165, 1.54) is 5.56 Å². The van der Waals surface area contributed by atoms with Crippen LogP contribution >= 0.6 is 11.3 Å². The van der Waals surface area contributed by atoms with E-state index in [0.29, 0.717) is 0 Å². The third-order valence-electron chi connectivity index (χ3n) is 2.28. The molecule has 16 heavy (non-hydrogen) atoms. The van der Waals surface area contributed by atoms with Gasteiger partial charge in [0.05, 0.1) is 7.11 Å². The minimum Gasteiger partial charge on any atom is -0.493 e. The molecule has 0 unspecified atom stereocenters. The van der Waals surface area contributed by atoms with E-state index >= 15 is 0 Å². The highest BCUT2D eigenvalue weighted by Crippen LogP contribution is 2.19. The van der Waals surface area contributed by atoms with Crippen LogP contribution in [0.1, 0.15) is 5.56 Å². The summed E-state index contributed by atoms with van der Waals surface area (Å²) in [5.74, 6) is 1.59. The minimum absolute atomic E-state index is 0.785. The van der Waals surface area contributed by atoms with Gasteiger partial charge in [-0.25, -0.2) is 4.98 Å². The number of aromatic nitrogens is 1. The highest BCUT2D eigenvalue weighted by molar-refractivity contribution is 7.07. The zero-order valence-corrected chi connectivity index (χ0v) is 9.96. The lowest BCUT2D eigenvalue weighted by molar-refractivity contribution is 0.415. The Morgan fingerprint density at radius 2 is 2.38 bits per heavy atom. The Labute approximate surface area is 99.1 Å². The number of hydrogen-bond acceptors (Lipinski definition) is 4. The van der Waals surface area contributed by atoms with Crippen molar-refractivity contribution in [3.8, 4) is 5.75 Å². The normalized spacial score (nSPS) is 10.1. The van der Waals surface area contributed by atoms with E-state index in [1.807, 2.05) is 12.1 Å². The van der Waals surface area contributed by atoms with Crippen LogP contribution < -0.4 is 10.1 Å². The fraction of sp³-hybridized carbons (Fsp3) is 0.250. The second-order valence-electron chi connectivity index (χ2n) is 3.36. The number of nitrogens with one attached hydrogen (secondary N) is 1. The van der Waals surface area contributed by atoms with Crippen molar-refractivity contribution in [2.45, 2.75) is 6.42 Å². The Hall–Kier alpha value is -1.55. The van der Waals surface area contributed by atoms with E-state index in [-0.39, 0.29) is 0 Å². The van der Waals surface area contributed by atoms with E-state index in [2.05, 4.69) is 27.1 Å². The Balaban J connectivity index is 1.89. The van der Waals surface area contributed by atoms with E-state index < -0.39 is 0 Å². The highest BCUT2D eigenvalue weighted by atomic mass is 32.1. The maximum atomic E-state index is 5.21. The van der Waals surface area contributed by atoms with Crippen LogP contribution in [-0.2, 0) is 6.42 Å². The number of methoxy groups -OCH3 is 1. The predicted molar refractivity (Wildman–Crippen MR) is 67.3 cm³/mol. The zero-order valence-electron chi connectivity index (χ0n) is 9.14. The van der Waals surface area contributed by atoms with Gasteiger partial charge in [-0.3, -0.25) is 0 Å². The molecule has 0 aromatic carbocycles. The maximum Gasteiger partial charge on any atom is 0.168 e. The van der Waals surface area contributed by atoms with Crippen LogP contribution in [0.2, 0.25) is 0 Å². The Kier molecular flexibility index (Phi) is 3.77. The van der Waals surface area contributed by atoms with Gasteiger partial charge in [0.2, 0.25) is 0 Å². The molecule has 2 aromatic heterocycles. The van der Waals surface area contributed by atoms with E-state index in [1.54, 1.807) is 24.6 Å².